The molecular formula is C62H89N5O12S3. The molecule has 0 spiro atoms. The number of allylic oxidation sites excluding steroid dienone is 7. The highest BCUT2D eigenvalue weighted by atomic mass is 32.2. The van der Waals surface area contributed by atoms with Crippen LogP contribution >= 0.6 is 0 Å². The van der Waals surface area contributed by atoms with E-state index in [0.29, 0.717) is 58.3 Å². The number of rotatable bonds is 34. The summed E-state index contributed by atoms with van der Waals surface area (Å²) in [6.45, 7) is 14.3. The number of nitrogens with one attached hydrogen (secondary N) is 2. The van der Waals surface area contributed by atoms with Gasteiger partial charge in [-0.1, -0.05) is 126 Å². The van der Waals surface area contributed by atoms with E-state index in [2.05, 4.69) is 115 Å². The van der Waals surface area contributed by atoms with Crippen molar-refractivity contribution in [1.82, 2.24) is 15.5 Å². The number of anilines is 1. The van der Waals surface area contributed by atoms with E-state index in [1.807, 2.05) is 6.07 Å². The second-order valence-corrected chi connectivity index (χ2v) is 26.6. The van der Waals surface area contributed by atoms with E-state index in [9.17, 15) is 40.3 Å². The van der Waals surface area contributed by atoms with E-state index in [0.717, 1.165) is 144 Å². The van der Waals surface area contributed by atoms with Crippen LogP contribution in [0.2, 0.25) is 0 Å². The summed E-state index contributed by atoms with van der Waals surface area (Å²) in [6, 6.07) is 14.9. The minimum Gasteiger partial charge on any atom is -0.748 e. The summed E-state index contributed by atoms with van der Waals surface area (Å²) < 4.78 is 94.7. The fraction of sp³-hybridized carbons (Fsp3) is 0.581. The Kier molecular flexibility index (Phi) is 26.7. The third-order valence-electron chi connectivity index (χ3n) is 16.0. The highest BCUT2D eigenvalue weighted by Gasteiger charge is 2.44. The maximum Gasteiger partial charge on any atom is 0.425 e. The Balaban J connectivity index is 0.00000298. The zero-order valence-corrected chi connectivity index (χ0v) is 51.5. The van der Waals surface area contributed by atoms with Crippen LogP contribution in [0.3, 0.4) is 0 Å². The molecule has 0 unspecified atom stereocenters. The zero-order chi connectivity index (χ0) is 59.9. The largest absolute Gasteiger partial charge is 0.748 e. The van der Waals surface area contributed by atoms with Gasteiger partial charge in [-0.25, -0.2) is 8.42 Å². The first-order valence-corrected chi connectivity index (χ1v) is 33.7. The van der Waals surface area contributed by atoms with Gasteiger partial charge in [0.1, 0.15) is 6.54 Å². The lowest BCUT2D eigenvalue weighted by Gasteiger charge is -2.28. The van der Waals surface area contributed by atoms with E-state index in [4.69, 9.17) is 12.6 Å². The third-order valence-corrected chi connectivity index (χ3v) is 17.6. The maximum atomic E-state index is 12.4. The Morgan fingerprint density at radius 3 is 1.94 bits per heavy atom. The van der Waals surface area contributed by atoms with Crippen molar-refractivity contribution in [2.45, 2.75) is 187 Å². The van der Waals surface area contributed by atoms with Crippen molar-refractivity contribution < 1.29 is 57.5 Å². The smallest absolute Gasteiger partial charge is 0.425 e. The van der Waals surface area contributed by atoms with Crippen LogP contribution < -0.4 is 15.5 Å². The molecule has 0 aromatic heterocycles. The number of para-hydroxylation sites is 1. The quantitative estimate of drug-likeness (QED) is 0.0255. The number of hydrogen-bond acceptors (Lipinski definition) is 13. The number of unbranched alkanes of at least 4 members (excludes halogenated alkanes) is 14. The van der Waals surface area contributed by atoms with Crippen molar-refractivity contribution in [3.63, 3.8) is 0 Å². The minimum atomic E-state index is -4.29. The number of carbonyl (C=O) groups is 3. The summed E-state index contributed by atoms with van der Waals surface area (Å²) in [6.07, 6.45) is 31.6. The molecule has 1 aliphatic carbocycles. The molecule has 0 radical (unpaired) electrons. The maximum absolute atomic E-state index is 12.4. The lowest BCUT2D eigenvalue weighted by Crippen LogP contribution is -2.30. The topological polar surface area (TPSA) is 248 Å². The number of aryl methyl sites for hydroxylation is 1. The van der Waals surface area contributed by atoms with E-state index in [1.54, 1.807) is 0 Å². The first-order valence-electron chi connectivity index (χ1n) is 29.6. The lowest BCUT2D eigenvalue weighted by atomic mass is 9.81. The van der Waals surface area contributed by atoms with E-state index in [1.165, 1.54) is 44.9 Å². The molecule has 3 aliphatic heterocycles. The van der Waals surface area contributed by atoms with Crippen molar-refractivity contribution in [2.24, 2.45) is 0 Å². The average molecular weight is 1190 g/mol. The number of benzene rings is 2. The molecule has 6 rings (SSSR count). The predicted molar refractivity (Wildman–Crippen MR) is 322 cm³/mol. The molecule has 452 valence electrons. The number of amides is 3. The second kappa shape index (κ2) is 32.5. The van der Waals surface area contributed by atoms with Gasteiger partial charge >= 0.3 is 10.6 Å². The molecule has 0 saturated heterocycles. The Morgan fingerprint density at radius 2 is 1.28 bits per heavy atom. The van der Waals surface area contributed by atoms with Gasteiger partial charge in [0.25, 0.3) is 21.9 Å². The first kappa shape index (κ1) is 67.3. The molecular weight excluding hydrogens is 1100 g/mol. The van der Waals surface area contributed by atoms with Crippen LogP contribution in [-0.2, 0) is 56.1 Å². The molecule has 3 heterocycles. The molecule has 3 amide bonds. The van der Waals surface area contributed by atoms with Gasteiger partial charge in [0, 0.05) is 97.1 Å². The van der Waals surface area contributed by atoms with Crippen LogP contribution in [0.15, 0.2) is 101 Å². The molecule has 17 nitrogen and oxygen atoms in total. The summed E-state index contributed by atoms with van der Waals surface area (Å²) in [5, 5.41) is 7.01. The number of carbonyl (C=O) groups excluding carboxylic acids is 3. The second-order valence-electron chi connectivity index (χ2n) is 23.1. The van der Waals surface area contributed by atoms with Crippen molar-refractivity contribution in [3.8, 4) is 0 Å². The molecule has 82 heavy (non-hydrogen) atoms. The third kappa shape index (κ3) is 21.3. The first-order chi connectivity index (χ1) is 38.9. The average Bonchev–Trinajstić information content (AvgIpc) is 4.06. The number of fused-ring (bicyclic) bond motifs is 2. The fourth-order valence-electron chi connectivity index (χ4n) is 11.6. The van der Waals surface area contributed by atoms with Gasteiger partial charge < -0.3 is 20.1 Å². The number of hydrogen-bond donors (Lipinski definition) is 3. The molecule has 20 heteroatoms. The van der Waals surface area contributed by atoms with Crippen molar-refractivity contribution >= 4 is 65.7 Å². The van der Waals surface area contributed by atoms with Gasteiger partial charge in [0.2, 0.25) is 11.6 Å². The minimum absolute atomic E-state index is 0.132. The molecule has 3 N–H and O–H groups in total. The van der Waals surface area contributed by atoms with Crippen LogP contribution in [-0.4, -0.2) is 116 Å². The zero-order valence-electron chi connectivity index (χ0n) is 49.0. The number of nitrogens with zero attached hydrogens (tertiary/aromatic N) is 3. The molecule has 0 saturated carbocycles. The van der Waals surface area contributed by atoms with Gasteiger partial charge in [-0.2, -0.15) is 13.0 Å². The van der Waals surface area contributed by atoms with Crippen molar-refractivity contribution in [3.05, 3.63) is 118 Å². The Labute approximate surface area is 490 Å². The molecule has 4 aliphatic rings. The van der Waals surface area contributed by atoms with Gasteiger partial charge in [0.05, 0.1) is 21.3 Å². The normalized spacial score (nSPS) is 17.5. The molecule has 2 aromatic rings. The number of imide groups is 1. The predicted octanol–water partition coefficient (Wildman–Crippen LogP) is 10.4. The molecule has 0 bridgehead atoms. The highest BCUT2D eigenvalue weighted by Crippen LogP contribution is 2.48. The van der Waals surface area contributed by atoms with Crippen LogP contribution in [0.1, 0.15) is 186 Å². The lowest BCUT2D eigenvalue weighted by molar-refractivity contribution is -0.438. The van der Waals surface area contributed by atoms with E-state index >= 15 is 0 Å². The monoisotopic (exact) mass is 1190 g/mol. The summed E-state index contributed by atoms with van der Waals surface area (Å²) in [5.41, 5.74) is 11.1. The molecule has 0 fully saturated rings. The molecule has 0 atom stereocenters. The van der Waals surface area contributed by atoms with Crippen LogP contribution in [0.5, 0.6) is 0 Å². The Hall–Kier alpha value is -5.54. The summed E-state index contributed by atoms with van der Waals surface area (Å²) in [5.74, 6) is -0.935. The van der Waals surface area contributed by atoms with E-state index in [-0.39, 0.29) is 40.1 Å². The van der Waals surface area contributed by atoms with Crippen LogP contribution in [0, 0.1) is 6.92 Å². The van der Waals surface area contributed by atoms with Gasteiger partial charge in [-0.3, -0.25) is 23.8 Å². The van der Waals surface area contributed by atoms with Gasteiger partial charge in [-0.05, 0) is 114 Å². The summed E-state index contributed by atoms with van der Waals surface area (Å²) >= 11 is 0. The Bertz CT molecular complexity index is 3060. The summed E-state index contributed by atoms with van der Waals surface area (Å²) in [7, 11) is -11.5. The highest BCUT2D eigenvalue weighted by molar-refractivity contribution is 7.85. The van der Waals surface area contributed by atoms with E-state index < -0.39 is 30.8 Å². The molecule has 2 aromatic carbocycles. The SMILES string of the molecule is Cc1ccc2c(c1)C(C)(C)/C(=C\C=C1/CCCC(/C=C/C3=[N+](CCCCS(=O)(=O)[O-])c4ccccc4C3(C)C)=C1NCCCCCCCCCCC(=O)NCCCCCCCCN1C(=O)C=CC1=O)N2CCCCS(=O)(=O)O.O=S(=O)=O. The van der Waals surface area contributed by atoms with Gasteiger partial charge in [-0.15, -0.1) is 12.6 Å². The van der Waals surface area contributed by atoms with Gasteiger partial charge in [0.15, 0.2) is 5.71 Å². The standard InChI is InChI=1S/C62H89N5O9S2.O3S/c1-48-32-35-54-52(47-48)62(4,5)56(66(54)43-23-25-46-78(74,75)76)37-34-50-28-26-27-49(33-36-55-61(2,3)51-29-17-18-30-53(51)65(55)42-22-24-45-77(71,72)73)60(50)64-41-20-14-9-7-6-8-12-16-31-57(68)63-40-19-13-10-11-15-21-44-67-58(69)38-39-59(67)70;1-4(2)3/h17-18,29-30,32-39,47H,6-16,19-28,31,40-46H2,1-5H3,(H3,63,68,71,72,73,74,75,76);/b50-34+,56-37+;. The summed E-state index contributed by atoms with van der Waals surface area (Å²) in [4.78, 5) is 39.4. The fourth-order valence-corrected chi connectivity index (χ4v) is 12.7. The van der Waals surface area contributed by atoms with Crippen LogP contribution in [0.4, 0.5) is 11.4 Å². The van der Waals surface area contributed by atoms with Crippen molar-refractivity contribution in [2.75, 3.05) is 49.1 Å². The van der Waals surface area contributed by atoms with Crippen LogP contribution in [0.25, 0.3) is 0 Å². The van der Waals surface area contributed by atoms with Crippen molar-refractivity contribution in [1.29, 1.82) is 0 Å². The Morgan fingerprint density at radius 1 is 0.695 bits per heavy atom.